The summed E-state index contributed by atoms with van der Waals surface area (Å²) in [4.78, 5) is 29.5. The van der Waals surface area contributed by atoms with Crippen LogP contribution in [0, 0.1) is 0 Å². The maximum Gasteiger partial charge on any atom is 0.260 e. The van der Waals surface area contributed by atoms with Crippen LogP contribution in [0.1, 0.15) is 22.8 Å². The summed E-state index contributed by atoms with van der Waals surface area (Å²) >= 11 is 0. The molecule has 5 heteroatoms. The maximum atomic E-state index is 12.8. The van der Waals surface area contributed by atoms with Crippen molar-refractivity contribution in [1.82, 2.24) is 14.9 Å². The molecule has 0 saturated heterocycles. The lowest BCUT2D eigenvalue weighted by molar-refractivity contribution is 0.0954. The first-order valence-corrected chi connectivity index (χ1v) is 9.41. The van der Waals surface area contributed by atoms with E-state index in [2.05, 4.69) is 10.3 Å². The monoisotopic (exact) mass is 371 g/mol. The summed E-state index contributed by atoms with van der Waals surface area (Å²) in [5.74, 6) is -0.136. The fourth-order valence-electron chi connectivity index (χ4n) is 3.56. The molecular formula is C23H21N3O2. The lowest BCUT2D eigenvalue weighted by Gasteiger charge is -2.13. The Kier molecular flexibility index (Phi) is 4.89. The molecule has 2 heterocycles. The van der Waals surface area contributed by atoms with E-state index in [1.807, 2.05) is 55.5 Å². The Hall–Kier alpha value is -3.47. The van der Waals surface area contributed by atoms with Crippen molar-refractivity contribution in [2.45, 2.75) is 19.9 Å². The zero-order chi connectivity index (χ0) is 19.5. The van der Waals surface area contributed by atoms with Gasteiger partial charge in [0.2, 0.25) is 0 Å². The molecule has 0 unspecified atom stereocenters. The summed E-state index contributed by atoms with van der Waals surface area (Å²) in [7, 11) is 0. The van der Waals surface area contributed by atoms with Crippen LogP contribution in [-0.4, -0.2) is 22.0 Å². The van der Waals surface area contributed by atoms with Gasteiger partial charge in [0.05, 0.1) is 10.9 Å². The number of hydrogen-bond donors (Lipinski definition) is 1. The molecule has 0 atom stereocenters. The van der Waals surface area contributed by atoms with Gasteiger partial charge in [-0.15, -0.1) is 0 Å². The number of amides is 1. The molecule has 0 radical (unpaired) electrons. The van der Waals surface area contributed by atoms with Gasteiger partial charge in [0.1, 0.15) is 0 Å². The molecule has 2 aromatic carbocycles. The fraction of sp³-hybridized carbons (Fsp3) is 0.174. The number of nitrogens with one attached hydrogen (secondary N) is 1. The Bertz CT molecular complexity index is 1210. The second-order valence-electron chi connectivity index (χ2n) is 6.69. The average Bonchev–Trinajstić information content (AvgIpc) is 2.74. The smallest absolute Gasteiger partial charge is 0.260 e. The maximum absolute atomic E-state index is 12.8. The van der Waals surface area contributed by atoms with E-state index in [4.69, 9.17) is 0 Å². The van der Waals surface area contributed by atoms with Crippen LogP contribution >= 0.6 is 0 Å². The number of carbonyl (C=O) groups excluding carboxylic acids is 1. The molecule has 0 bridgehead atoms. The summed E-state index contributed by atoms with van der Waals surface area (Å²) in [5.41, 5.74) is 2.42. The Morgan fingerprint density at radius 2 is 1.86 bits per heavy atom. The zero-order valence-electron chi connectivity index (χ0n) is 15.7. The molecule has 140 valence electrons. The highest BCUT2D eigenvalue weighted by Gasteiger charge is 2.13. The van der Waals surface area contributed by atoms with E-state index in [0.29, 0.717) is 24.0 Å². The Balaban J connectivity index is 1.66. The summed E-state index contributed by atoms with van der Waals surface area (Å²) in [6.07, 6.45) is 4.06. The number of rotatable bonds is 5. The number of carbonyl (C=O) groups is 1. The Morgan fingerprint density at radius 1 is 1.04 bits per heavy atom. The lowest BCUT2D eigenvalue weighted by atomic mass is 10.0. The normalized spacial score (nSPS) is 11.0. The third-order valence-electron chi connectivity index (χ3n) is 5.00. The van der Waals surface area contributed by atoms with Crippen LogP contribution in [0.25, 0.3) is 21.7 Å². The van der Waals surface area contributed by atoms with Crippen molar-refractivity contribution in [2.75, 3.05) is 6.54 Å². The highest BCUT2D eigenvalue weighted by molar-refractivity contribution is 6.07. The molecular weight excluding hydrogens is 350 g/mol. The van der Waals surface area contributed by atoms with Gasteiger partial charge in [0.15, 0.2) is 0 Å². The molecule has 4 aromatic rings. The fourth-order valence-corrected chi connectivity index (χ4v) is 3.56. The van der Waals surface area contributed by atoms with Crippen molar-refractivity contribution in [3.8, 4) is 0 Å². The molecule has 28 heavy (non-hydrogen) atoms. The van der Waals surface area contributed by atoms with Gasteiger partial charge in [0.25, 0.3) is 11.5 Å². The third kappa shape index (κ3) is 3.27. The first-order chi connectivity index (χ1) is 13.7. The van der Waals surface area contributed by atoms with Crippen molar-refractivity contribution in [3.63, 3.8) is 0 Å². The lowest BCUT2D eigenvalue weighted by Crippen LogP contribution is -2.26. The predicted molar refractivity (Wildman–Crippen MR) is 112 cm³/mol. The standard InChI is InChI=1S/C23H21N3O2/c1-2-26-21-14-17(22(27)25-13-10-16-6-4-3-5-7-16)8-9-19(21)18-11-12-24-15-20(18)23(26)28/h3-9,11-12,14-15H,2,10,13H2,1H3,(H,25,27). The van der Waals surface area contributed by atoms with Crippen molar-refractivity contribution >= 4 is 27.6 Å². The van der Waals surface area contributed by atoms with Gasteiger partial charge in [-0.3, -0.25) is 14.6 Å². The molecule has 0 fully saturated rings. The SMILES string of the molecule is CCn1c(=O)c2cnccc2c2ccc(C(=O)NCCc3ccccc3)cc21. The summed E-state index contributed by atoms with van der Waals surface area (Å²) in [6, 6.07) is 17.4. The summed E-state index contributed by atoms with van der Waals surface area (Å²) < 4.78 is 1.69. The first kappa shape index (κ1) is 17.9. The summed E-state index contributed by atoms with van der Waals surface area (Å²) in [5, 5.41) is 5.36. The van der Waals surface area contributed by atoms with E-state index < -0.39 is 0 Å². The largest absolute Gasteiger partial charge is 0.352 e. The Morgan fingerprint density at radius 3 is 2.64 bits per heavy atom. The summed E-state index contributed by atoms with van der Waals surface area (Å²) in [6.45, 7) is 3.01. The molecule has 5 nitrogen and oxygen atoms in total. The van der Waals surface area contributed by atoms with Crippen LogP contribution in [0.3, 0.4) is 0 Å². The first-order valence-electron chi connectivity index (χ1n) is 9.41. The van der Waals surface area contributed by atoms with Crippen molar-refractivity contribution in [3.05, 3.63) is 88.5 Å². The average molecular weight is 371 g/mol. The highest BCUT2D eigenvalue weighted by Crippen LogP contribution is 2.23. The minimum absolute atomic E-state index is 0.0836. The van der Waals surface area contributed by atoms with Crippen LogP contribution in [0.5, 0.6) is 0 Å². The second kappa shape index (κ2) is 7.64. The number of pyridine rings is 2. The molecule has 1 N–H and O–H groups in total. The number of benzene rings is 2. The molecule has 0 aliphatic heterocycles. The third-order valence-corrected chi connectivity index (χ3v) is 5.00. The van der Waals surface area contributed by atoms with Gasteiger partial charge >= 0.3 is 0 Å². The molecule has 4 rings (SSSR count). The van der Waals surface area contributed by atoms with Gasteiger partial charge in [-0.25, -0.2) is 0 Å². The van der Waals surface area contributed by atoms with Crippen LogP contribution in [0.15, 0.2) is 71.8 Å². The van der Waals surface area contributed by atoms with Crippen LogP contribution < -0.4 is 10.9 Å². The van der Waals surface area contributed by atoms with Crippen LogP contribution in [-0.2, 0) is 13.0 Å². The quantitative estimate of drug-likeness (QED) is 0.546. The van der Waals surface area contributed by atoms with Crippen molar-refractivity contribution in [1.29, 1.82) is 0 Å². The molecule has 0 saturated carbocycles. The predicted octanol–water partition coefficient (Wildman–Crippen LogP) is 3.54. The van der Waals surface area contributed by atoms with E-state index >= 15 is 0 Å². The number of hydrogen-bond acceptors (Lipinski definition) is 3. The minimum atomic E-state index is -0.136. The molecule has 0 aliphatic carbocycles. The Labute approximate surface area is 162 Å². The van der Waals surface area contributed by atoms with Crippen molar-refractivity contribution in [2.24, 2.45) is 0 Å². The van der Waals surface area contributed by atoms with Gasteiger partial charge < -0.3 is 9.88 Å². The molecule has 1 amide bonds. The molecule has 2 aromatic heterocycles. The van der Waals surface area contributed by atoms with Gasteiger partial charge in [-0.05, 0) is 42.5 Å². The zero-order valence-corrected chi connectivity index (χ0v) is 15.7. The minimum Gasteiger partial charge on any atom is -0.352 e. The number of fused-ring (bicyclic) bond motifs is 3. The van der Waals surface area contributed by atoms with Gasteiger partial charge in [-0.2, -0.15) is 0 Å². The molecule has 0 aliphatic rings. The number of aromatic nitrogens is 2. The van der Waals surface area contributed by atoms with Crippen molar-refractivity contribution < 1.29 is 4.79 Å². The van der Waals surface area contributed by atoms with E-state index in [9.17, 15) is 9.59 Å². The van der Waals surface area contributed by atoms with E-state index in [0.717, 1.165) is 22.7 Å². The highest BCUT2D eigenvalue weighted by atomic mass is 16.1. The second-order valence-corrected chi connectivity index (χ2v) is 6.69. The number of aryl methyl sites for hydroxylation is 1. The number of nitrogens with zero attached hydrogens (tertiary/aromatic N) is 2. The van der Waals surface area contributed by atoms with E-state index in [1.165, 1.54) is 5.56 Å². The van der Waals surface area contributed by atoms with Gasteiger partial charge in [0, 0.05) is 36.4 Å². The van der Waals surface area contributed by atoms with Crippen LogP contribution in [0.4, 0.5) is 0 Å². The van der Waals surface area contributed by atoms with E-state index in [1.54, 1.807) is 23.0 Å². The van der Waals surface area contributed by atoms with E-state index in [-0.39, 0.29) is 11.5 Å². The molecule has 0 spiro atoms. The topological polar surface area (TPSA) is 64.0 Å². The van der Waals surface area contributed by atoms with Crippen LogP contribution in [0.2, 0.25) is 0 Å². The van der Waals surface area contributed by atoms with Gasteiger partial charge in [-0.1, -0.05) is 36.4 Å².